The first kappa shape index (κ1) is 15.0. The maximum Gasteiger partial charge on any atom is 0.228 e. The molecule has 1 aliphatic rings. The number of rotatable bonds is 3. The Labute approximate surface area is 122 Å². The van der Waals surface area contributed by atoms with Crippen LogP contribution in [0.4, 0.5) is 5.69 Å². The van der Waals surface area contributed by atoms with Gasteiger partial charge in [-0.15, -0.1) is 0 Å². The van der Waals surface area contributed by atoms with E-state index < -0.39 is 0 Å². The Morgan fingerprint density at radius 3 is 2.75 bits per heavy atom. The summed E-state index contributed by atoms with van der Waals surface area (Å²) in [5.41, 5.74) is 2.49. The number of benzene rings is 1. The highest BCUT2D eigenvalue weighted by Gasteiger charge is 2.20. The number of nitrogens with zero attached hydrogens (tertiary/aromatic N) is 1. The van der Waals surface area contributed by atoms with Gasteiger partial charge >= 0.3 is 0 Å². The van der Waals surface area contributed by atoms with E-state index in [0.29, 0.717) is 6.42 Å². The minimum absolute atomic E-state index is 0.0664. The number of anilines is 1. The molecule has 3 nitrogen and oxygen atoms in total. The monoisotopic (exact) mass is 274 g/mol. The predicted octanol–water partition coefficient (Wildman–Crippen LogP) is 3.13. The standard InChI is InChI=1S/C17H26N2O/c1-17(2,3)18-12-11-16(20)19-13-7-6-9-14-8-4-5-10-15(14)19/h4-5,8,10,18H,6-7,9,11-13H2,1-3H3. The van der Waals surface area contributed by atoms with E-state index in [1.807, 2.05) is 11.0 Å². The highest BCUT2D eigenvalue weighted by Crippen LogP contribution is 2.26. The molecule has 20 heavy (non-hydrogen) atoms. The van der Waals surface area contributed by atoms with Gasteiger partial charge in [0.1, 0.15) is 0 Å². The molecule has 1 aromatic carbocycles. The largest absolute Gasteiger partial charge is 0.312 e. The molecule has 1 heterocycles. The van der Waals surface area contributed by atoms with Gasteiger partial charge in [0.15, 0.2) is 0 Å². The van der Waals surface area contributed by atoms with Crippen molar-refractivity contribution in [3.63, 3.8) is 0 Å². The van der Waals surface area contributed by atoms with Crippen LogP contribution in [0, 0.1) is 0 Å². The first-order valence-electron chi connectivity index (χ1n) is 7.61. The lowest BCUT2D eigenvalue weighted by Gasteiger charge is -2.25. The van der Waals surface area contributed by atoms with E-state index in [1.54, 1.807) is 0 Å². The molecule has 0 saturated heterocycles. The summed E-state index contributed by atoms with van der Waals surface area (Å²) in [6, 6.07) is 8.32. The Morgan fingerprint density at radius 2 is 2.00 bits per heavy atom. The molecular formula is C17H26N2O. The molecule has 0 fully saturated rings. The molecule has 2 rings (SSSR count). The maximum absolute atomic E-state index is 12.5. The molecule has 0 bridgehead atoms. The third-order valence-electron chi connectivity index (χ3n) is 3.66. The molecule has 1 N–H and O–H groups in total. The van der Waals surface area contributed by atoms with E-state index in [-0.39, 0.29) is 11.4 Å². The Balaban J connectivity index is 2.02. The zero-order valence-corrected chi connectivity index (χ0v) is 12.9. The Morgan fingerprint density at radius 1 is 1.25 bits per heavy atom. The summed E-state index contributed by atoms with van der Waals surface area (Å²) in [6.45, 7) is 7.96. The predicted molar refractivity (Wildman–Crippen MR) is 84.1 cm³/mol. The molecule has 0 spiro atoms. The maximum atomic E-state index is 12.5. The topological polar surface area (TPSA) is 32.3 Å². The van der Waals surface area contributed by atoms with Gasteiger partial charge < -0.3 is 10.2 Å². The number of carbonyl (C=O) groups excluding carboxylic acids is 1. The van der Waals surface area contributed by atoms with Gasteiger partial charge in [0, 0.05) is 30.7 Å². The summed E-state index contributed by atoms with van der Waals surface area (Å²) in [6.07, 6.45) is 3.90. The van der Waals surface area contributed by atoms with Crippen LogP contribution in [0.3, 0.4) is 0 Å². The van der Waals surface area contributed by atoms with Crippen LogP contribution >= 0.6 is 0 Å². The molecule has 1 amide bonds. The van der Waals surface area contributed by atoms with Crippen molar-refractivity contribution in [2.24, 2.45) is 0 Å². The van der Waals surface area contributed by atoms with Gasteiger partial charge in [-0.3, -0.25) is 4.79 Å². The van der Waals surface area contributed by atoms with Gasteiger partial charge in [-0.1, -0.05) is 18.2 Å². The Kier molecular flexibility index (Phi) is 4.81. The number of fused-ring (bicyclic) bond motifs is 1. The van der Waals surface area contributed by atoms with Crippen molar-refractivity contribution >= 4 is 11.6 Å². The summed E-state index contributed by atoms with van der Waals surface area (Å²) in [4.78, 5) is 14.5. The van der Waals surface area contributed by atoms with Crippen molar-refractivity contribution in [1.82, 2.24) is 5.32 Å². The van der Waals surface area contributed by atoms with Gasteiger partial charge in [0.25, 0.3) is 0 Å². The smallest absolute Gasteiger partial charge is 0.228 e. The van der Waals surface area contributed by atoms with Crippen LogP contribution in [0.5, 0.6) is 0 Å². The van der Waals surface area contributed by atoms with E-state index >= 15 is 0 Å². The van der Waals surface area contributed by atoms with Crippen molar-refractivity contribution in [3.8, 4) is 0 Å². The lowest BCUT2D eigenvalue weighted by molar-refractivity contribution is -0.118. The summed E-state index contributed by atoms with van der Waals surface area (Å²) >= 11 is 0. The summed E-state index contributed by atoms with van der Waals surface area (Å²) in [5, 5.41) is 3.38. The number of para-hydroxylation sites is 1. The normalized spacial score (nSPS) is 15.7. The third kappa shape index (κ3) is 4.07. The van der Waals surface area contributed by atoms with Crippen LogP contribution < -0.4 is 10.2 Å². The second-order valence-corrected chi connectivity index (χ2v) is 6.56. The molecule has 110 valence electrons. The average Bonchev–Trinajstić information content (AvgIpc) is 2.59. The highest BCUT2D eigenvalue weighted by atomic mass is 16.2. The van der Waals surface area contributed by atoms with Crippen LogP contribution in [0.25, 0.3) is 0 Å². The van der Waals surface area contributed by atoms with Gasteiger partial charge in [-0.05, 0) is 51.7 Å². The van der Waals surface area contributed by atoms with E-state index in [2.05, 4.69) is 44.3 Å². The van der Waals surface area contributed by atoms with Gasteiger partial charge in [0.05, 0.1) is 0 Å². The van der Waals surface area contributed by atoms with Crippen molar-refractivity contribution in [1.29, 1.82) is 0 Å². The summed E-state index contributed by atoms with van der Waals surface area (Å²) in [7, 11) is 0. The number of hydrogen-bond acceptors (Lipinski definition) is 2. The van der Waals surface area contributed by atoms with Gasteiger partial charge in [-0.25, -0.2) is 0 Å². The molecule has 0 aliphatic carbocycles. The van der Waals surface area contributed by atoms with E-state index in [9.17, 15) is 4.79 Å². The average molecular weight is 274 g/mol. The van der Waals surface area contributed by atoms with Crippen molar-refractivity contribution in [2.75, 3.05) is 18.0 Å². The molecule has 0 atom stereocenters. The number of nitrogens with one attached hydrogen (secondary N) is 1. The fourth-order valence-electron chi connectivity index (χ4n) is 2.63. The first-order chi connectivity index (χ1) is 9.47. The van der Waals surface area contributed by atoms with Crippen molar-refractivity contribution in [3.05, 3.63) is 29.8 Å². The zero-order valence-electron chi connectivity index (χ0n) is 12.9. The second kappa shape index (κ2) is 6.40. The Bertz CT molecular complexity index is 462. The molecule has 0 radical (unpaired) electrons. The zero-order chi connectivity index (χ0) is 14.6. The lowest BCUT2D eigenvalue weighted by Crippen LogP contribution is -2.40. The van der Waals surface area contributed by atoms with Crippen LogP contribution in [0.2, 0.25) is 0 Å². The number of amides is 1. The lowest BCUT2D eigenvalue weighted by atomic mass is 10.1. The van der Waals surface area contributed by atoms with Crippen LogP contribution in [0.1, 0.15) is 45.6 Å². The first-order valence-corrected chi connectivity index (χ1v) is 7.61. The van der Waals surface area contributed by atoms with Gasteiger partial charge in [0.2, 0.25) is 5.91 Å². The molecule has 0 saturated carbocycles. The minimum atomic E-state index is 0.0664. The van der Waals surface area contributed by atoms with E-state index in [0.717, 1.165) is 31.6 Å². The molecule has 1 aliphatic heterocycles. The number of carbonyl (C=O) groups is 1. The fraction of sp³-hybridized carbons (Fsp3) is 0.588. The van der Waals surface area contributed by atoms with Crippen LogP contribution in [0.15, 0.2) is 24.3 Å². The number of aryl methyl sites for hydroxylation is 1. The SMILES string of the molecule is CC(C)(C)NCCC(=O)N1CCCCc2ccccc21. The third-order valence-corrected chi connectivity index (χ3v) is 3.66. The summed E-state index contributed by atoms with van der Waals surface area (Å²) < 4.78 is 0. The van der Waals surface area contributed by atoms with Crippen molar-refractivity contribution < 1.29 is 4.79 Å². The quantitative estimate of drug-likeness (QED) is 0.918. The number of hydrogen-bond donors (Lipinski definition) is 1. The molecule has 0 unspecified atom stereocenters. The second-order valence-electron chi connectivity index (χ2n) is 6.56. The molecule has 0 aromatic heterocycles. The molecular weight excluding hydrogens is 248 g/mol. The Hall–Kier alpha value is -1.35. The van der Waals surface area contributed by atoms with Crippen LogP contribution in [-0.4, -0.2) is 24.5 Å². The van der Waals surface area contributed by atoms with Crippen molar-refractivity contribution in [2.45, 2.75) is 52.0 Å². The fourth-order valence-corrected chi connectivity index (χ4v) is 2.63. The van der Waals surface area contributed by atoms with Gasteiger partial charge in [-0.2, -0.15) is 0 Å². The van der Waals surface area contributed by atoms with Crippen LogP contribution in [-0.2, 0) is 11.2 Å². The van der Waals surface area contributed by atoms with E-state index in [1.165, 1.54) is 12.0 Å². The molecule has 3 heteroatoms. The summed E-state index contributed by atoms with van der Waals surface area (Å²) in [5.74, 6) is 0.233. The molecule has 1 aromatic rings. The minimum Gasteiger partial charge on any atom is -0.312 e. The van der Waals surface area contributed by atoms with E-state index in [4.69, 9.17) is 0 Å². The highest BCUT2D eigenvalue weighted by molar-refractivity contribution is 5.94.